The highest BCUT2D eigenvalue weighted by atomic mass is 16.2. The van der Waals surface area contributed by atoms with Crippen LogP contribution in [0.4, 0.5) is 11.5 Å². The lowest BCUT2D eigenvalue weighted by molar-refractivity contribution is -0.112. The fourth-order valence-electron chi connectivity index (χ4n) is 5.74. The van der Waals surface area contributed by atoms with Crippen molar-refractivity contribution in [3.05, 3.63) is 72.1 Å². The first-order valence-electron chi connectivity index (χ1n) is 13.6. The van der Waals surface area contributed by atoms with E-state index in [1.54, 1.807) is 6.33 Å². The average molecular weight is 521 g/mol. The molecule has 8 heteroatoms. The van der Waals surface area contributed by atoms with Gasteiger partial charge >= 0.3 is 0 Å². The van der Waals surface area contributed by atoms with Gasteiger partial charge in [0.05, 0.1) is 11.1 Å². The topological polar surface area (TPSA) is 92.2 Å². The quantitative estimate of drug-likeness (QED) is 0.344. The molecule has 2 amide bonds. The van der Waals surface area contributed by atoms with Crippen LogP contribution in [0.5, 0.6) is 0 Å². The number of anilines is 2. The van der Waals surface area contributed by atoms with Crippen molar-refractivity contribution in [3.63, 3.8) is 0 Å². The van der Waals surface area contributed by atoms with Crippen molar-refractivity contribution in [3.8, 4) is 22.4 Å². The van der Waals surface area contributed by atoms with E-state index in [0.717, 1.165) is 95.7 Å². The van der Waals surface area contributed by atoms with Gasteiger partial charge in [-0.05, 0) is 67.5 Å². The minimum atomic E-state index is -0.0250. The van der Waals surface area contributed by atoms with Crippen LogP contribution in [0.1, 0.15) is 42.5 Å². The summed E-state index contributed by atoms with van der Waals surface area (Å²) in [6.45, 7) is 1.65. The zero-order valence-corrected chi connectivity index (χ0v) is 22.3. The second kappa shape index (κ2) is 10.4. The first kappa shape index (κ1) is 24.9. The summed E-state index contributed by atoms with van der Waals surface area (Å²) in [5.41, 5.74) is 7.07. The normalized spacial score (nSPS) is 15.0. The molecule has 1 fully saturated rings. The molecule has 2 N–H and O–H groups in total. The third-order valence-corrected chi connectivity index (χ3v) is 7.77. The lowest BCUT2D eigenvalue weighted by atomic mass is 9.97. The molecule has 2 aromatic heterocycles. The van der Waals surface area contributed by atoms with Crippen molar-refractivity contribution < 1.29 is 9.59 Å². The van der Waals surface area contributed by atoms with Gasteiger partial charge in [-0.15, -0.1) is 0 Å². The van der Waals surface area contributed by atoms with Crippen molar-refractivity contribution in [2.75, 3.05) is 30.8 Å². The molecule has 1 saturated heterocycles. The SMILES string of the molecule is CNc1ncnc2c1c(-c1ccc(C(=O)N3CCCC3)cc1)c(-c1ccc(NC(=O)C3=CCCC3)cc1)n2C. The van der Waals surface area contributed by atoms with Gasteiger partial charge in [0.15, 0.2) is 0 Å². The monoisotopic (exact) mass is 520 g/mol. The Morgan fingerprint density at radius 1 is 0.897 bits per heavy atom. The number of allylic oxidation sites excluding steroid dienone is 1. The first-order chi connectivity index (χ1) is 19.0. The molecule has 4 aromatic rings. The van der Waals surface area contributed by atoms with E-state index in [0.29, 0.717) is 5.56 Å². The van der Waals surface area contributed by atoms with Gasteiger partial charge in [0.1, 0.15) is 17.8 Å². The van der Waals surface area contributed by atoms with E-state index in [2.05, 4.69) is 25.2 Å². The zero-order valence-electron chi connectivity index (χ0n) is 22.3. The molecule has 2 aromatic carbocycles. The fourth-order valence-corrected chi connectivity index (χ4v) is 5.74. The van der Waals surface area contributed by atoms with Gasteiger partial charge in [0.25, 0.3) is 11.8 Å². The number of benzene rings is 2. The van der Waals surface area contributed by atoms with Crippen molar-refractivity contribution in [2.24, 2.45) is 7.05 Å². The number of nitrogens with zero attached hydrogens (tertiary/aromatic N) is 4. The number of carbonyl (C=O) groups is 2. The van der Waals surface area contributed by atoms with Gasteiger partial charge in [-0.3, -0.25) is 9.59 Å². The lowest BCUT2D eigenvalue weighted by Crippen LogP contribution is -2.27. The van der Waals surface area contributed by atoms with Crippen LogP contribution >= 0.6 is 0 Å². The van der Waals surface area contributed by atoms with E-state index in [1.807, 2.05) is 73.6 Å². The van der Waals surface area contributed by atoms with E-state index in [4.69, 9.17) is 0 Å². The summed E-state index contributed by atoms with van der Waals surface area (Å²) in [6.07, 6.45) is 8.56. The molecule has 1 aliphatic heterocycles. The van der Waals surface area contributed by atoms with Crippen LogP contribution < -0.4 is 10.6 Å². The van der Waals surface area contributed by atoms with Crippen LogP contribution in [-0.2, 0) is 11.8 Å². The summed E-state index contributed by atoms with van der Waals surface area (Å²) in [6, 6.07) is 15.8. The lowest BCUT2D eigenvalue weighted by Gasteiger charge is -2.15. The second-order valence-corrected chi connectivity index (χ2v) is 10.2. The molecule has 39 heavy (non-hydrogen) atoms. The highest BCUT2D eigenvalue weighted by Gasteiger charge is 2.24. The number of hydrogen-bond donors (Lipinski definition) is 2. The van der Waals surface area contributed by atoms with Crippen molar-refractivity contribution in [2.45, 2.75) is 32.1 Å². The van der Waals surface area contributed by atoms with Gasteiger partial charge < -0.3 is 20.1 Å². The van der Waals surface area contributed by atoms with Gasteiger partial charge in [-0.2, -0.15) is 0 Å². The molecule has 0 spiro atoms. The number of amides is 2. The number of likely N-dealkylation sites (tertiary alicyclic amines) is 1. The summed E-state index contributed by atoms with van der Waals surface area (Å²) in [4.78, 5) is 36.6. The molecule has 8 nitrogen and oxygen atoms in total. The predicted molar refractivity (Wildman–Crippen MR) is 155 cm³/mol. The van der Waals surface area contributed by atoms with E-state index >= 15 is 0 Å². The molecule has 0 saturated carbocycles. The highest BCUT2D eigenvalue weighted by Crippen LogP contribution is 2.42. The Morgan fingerprint density at radius 3 is 2.28 bits per heavy atom. The second-order valence-electron chi connectivity index (χ2n) is 10.2. The number of aryl methyl sites for hydroxylation is 1. The number of carbonyl (C=O) groups excluding carboxylic acids is 2. The number of hydrogen-bond acceptors (Lipinski definition) is 5. The van der Waals surface area contributed by atoms with Crippen LogP contribution in [0.2, 0.25) is 0 Å². The Hall–Kier alpha value is -4.46. The number of rotatable bonds is 6. The summed E-state index contributed by atoms with van der Waals surface area (Å²) < 4.78 is 2.08. The number of nitrogens with one attached hydrogen (secondary N) is 2. The molecule has 3 heterocycles. The largest absolute Gasteiger partial charge is 0.372 e. The summed E-state index contributed by atoms with van der Waals surface area (Å²) in [5, 5.41) is 7.16. The number of aromatic nitrogens is 3. The van der Waals surface area contributed by atoms with E-state index in [9.17, 15) is 9.59 Å². The van der Waals surface area contributed by atoms with Crippen molar-refractivity contribution in [1.29, 1.82) is 0 Å². The smallest absolute Gasteiger partial charge is 0.253 e. The maximum absolute atomic E-state index is 13.0. The summed E-state index contributed by atoms with van der Waals surface area (Å²) in [5.74, 6) is 0.799. The highest BCUT2D eigenvalue weighted by molar-refractivity contribution is 6.09. The number of fused-ring (bicyclic) bond motifs is 1. The van der Waals surface area contributed by atoms with E-state index < -0.39 is 0 Å². The predicted octanol–water partition coefficient (Wildman–Crippen LogP) is 5.63. The molecule has 0 unspecified atom stereocenters. The molecular weight excluding hydrogens is 488 g/mol. The summed E-state index contributed by atoms with van der Waals surface area (Å²) in [7, 11) is 3.86. The Bertz CT molecular complexity index is 1580. The minimum absolute atomic E-state index is 0.0250. The van der Waals surface area contributed by atoms with Crippen LogP contribution in [0, 0.1) is 0 Å². The molecule has 198 valence electrons. The van der Waals surface area contributed by atoms with Gasteiger partial charge in [-0.25, -0.2) is 9.97 Å². The van der Waals surface area contributed by atoms with E-state index in [-0.39, 0.29) is 11.8 Å². The Morgan fingerprint density at radius 2 is 1.62 bits per heavy atom. The van der Waals surface area contributed by atoms with Gasteiger partial charge in [-0.1, -0.05) is 30.3 Å². The molecule has 2 aliphatic rings. The zero-order chi connectivity index (χ0) is 26.9. The molecular formula is C31H32N6O2. The standard InChI is InChI=1S/C31H32N6O2/c1-32-28-26-25(20-9-11-23(12-10-20)31(39)37-17-5-6-18-37)27(36(2)29(26)34-19-33-28)21-13-15-24(16-14-21)35-30(38)22-7-3-4-8-22/h7,9-16,19H,3-6,8,17-18H2,1-2H3,(H,35,38)(H,32,33,34). The molecule has 0 radical (unpaired) electrons. The first-order valence-corrected chi connectivity index (χ1v) is 13.6. The van der Waals surface area contributed by atoms with E-state index in [1.165, 1.54) is 0 Å². The summed E-state index contributed by atoms with van der Waals surface area (Å²) >= 11 is 0. The Balaban J connectivity index is 1.40. The molecule has 6 rings (SSSR count). The minimum Gasteiger partial charge on any atom is -0.372 e. The van der Waals surface area contributed by atoms with Gasteiger partial charge in [0.2, 0.25) is 0 Å². The van der Waals surface area contributed by atoms with Crippen molar-refractivity contribution in [1.82, 2.24) is 19.4 Å². The Labute approximate surface area is 227 Å². The van der Waals surface area contributed by atoms with Gasteiger partial charge in [0, 0.05) is 49.6 Å². The van der Waals surface area contributed by atoms with Crippen LogP contribution in [0.15, 0.2) is 66.5 Å². The third kappa shape index (κ3) is 4.56. The maximum atomic E-state index is 13.0. The maximum Gasteiger partial charge on any atom is 0.253 e. The fraction of sp³-hybridized carbons (Fsp3) is 0.290. The molecule has 0 atom stereocenters. The average Bonchev–Trinajstić information content (AvgIpc) is 3.75. The van der Waals surface area contributed by atoms with Crippen LogP contribution in [0.3, 0.4) is 0 Å². The third-order valence-electron chi connectivity index (χ3n) is 7.77. The van der Waals surface area contributed by atoms with Crippen LogP contribution in [-0.4, -0.2) is 51.4 Å². The van der Waals surface area contributed by atoms with Crippen molar-refractivity contribution >= 4 is 34.4 Å². The molecule has 0 bridgehead atoms. The molecule has 1 aliphatic carbocycles. The van der Waals surface area contributed by atoms with Crippen LogP contribution in [0.25, 0.3) is 33.4 Å². The Kier molecular flexibility index (Phi) is 6.60.